The van der Waals surface area contributed by atoms with E-state index in [-0.39, 0.29) is 0 Å². The number of rotatable bonds is 2. The maximum Gasteiger partial charge on any atom is 0.165 e. The van der Waals surface area contributed by atoms with Gasteiger partial charge >= 0.3 is 0 Å². The third-order valence-corrected chi connectivity index (χ3v) is 5.00. The SMILES string of the molecule is Cc1ccc(-n2c(C3CCCCN3)nc3cccnc32)s1. The monoisotopic (exact) mass is 298 g/mol. The van der Waals surface area contributed by atoms with Gasteiger partial charge in [-0.15, -0.1) is 11.3 Å². The number of nitrogens with one attached hydrogen (secondary N) is 1. The third kappa shape index (κ3) is 2.26. The highest BCUT2D eigenvalue weighted by atomic mass is 32.1. The molecule has 0 radical (unpaired) electrons. The predicted octanol–water partition coefficient (Wildman–Crippen LogP) is 3.61. The van der Waals surface area contributed by atoms with Crippen LogP contribution in [0.3, 0.4) is 0 Å². The molecule has 1 aliphatic rings. The van der Waals surface area contributed by atoms with Gasteiger partial charge in [0, 0.05) is 11.1 Å². The summed E-state index contributed by atoms with van der Waals surface area (Å²) >= 11 is 1.79. The van der Waals surface area contributed by atoms with Crippen LogP contribution in [0.4, 0.5) is 0 Å². The Hall–Kier alpha value is -1.72. The molecule has 0 aromatic carbocycles. The molecule has 1 unspecified atom stereocenters. The van der Waals surface area contributed by atoms with E-state index in [1.807, 2.05) is 18.3 Å². The fourth-order valence-electron chi connectivity index (χ4n) is 2.99. The molecule has 3 aromatic rings. The van der Waals surface area contributed by atoms with Gasteiger partial charge in [-0.1, -0.05) is 6.42 Å². The number of piperidine rings is 1. The maximum atomic E-state index is 4.87. The van der Waals surface area contributed by atoms with Crippen molar-refractivity contribution in [3.63, 3.8) is 0 Å². The molecule has 0 aliphatic carbocycles. The summed E-state index contributed by atoms with van der Waals surface area (Å²) in [5.41, 5.74) is 1.94. The van der Waals surface area contributed by atoms with Crippen molar-refractivity contribution in [2.45, 2.75) is 32.2 Å². The average Bonchev–Trinajstić information content (AvgIpc) is 3.11. The lowest BCUT2D eigenvalue weighted by molar-refractivity contribution is 0.395. The number of aromatic nitrogens is 3. The molecular formula is C16H18N4S. The topological polar surface area (TPSA) is 42.7 Å². The molecule has 1 aliphatic heterocycles. The van der Waals surface area contributed by atoms with Gasteiger partial charge in [-0.25, -0.2) is 9.97 Å². The summed E-state index contributed by atoms with van der Waals surface area (Å²) in [6.45, 7) is 3.21. The minimum atomic E-state index is 0.329. The quantitative estimate of drug-likeness (QED) is 0.786. The molecular weight excluding hydrogens is 280 g/mol. The van der Waals surface area contributed by atoms with E-state index in [9.17, 15) is 0 Å². The Bertz CT molecular complexity index is 768. The van der Waals surface area contributed by atoms with E-state index in [2.05, 4.69) is 33.9 Å². The van der Waals surface area contributed by atoms with E-state index in [0.29, 0.717) is 6.04 Å². The second kappa shape index (κ2) is 5.24. The van der Waals surface area contributed by atoms with E-state index in [1.54, 1.807) is 11.3 Å². The molecule has 0 bridgehead atoms. The summed E-state index contributed by atoms with van der Waals surface area (Å²) < 4.78 is 2.23. The molecule has 0 saturated carbocycles. The van der Waals surface area contributed by atoms with E-state index < -0.39 is 0 Å². The fourth-order valence-corrected chi connectivity index (χ4v) is 3.87. The Morgan fingerprint density at radius 3 is 3.00 bits per heavy atom. The highest BCUT2D eigenvalue weighted by molar-refractivity contribution is 7.14. The first-order valence-electron chi connectivity index (χ1n) is 7.46. The van der Waals surface area contributed by atoms with Crippen LogP contribution in [0.25, 0.3) is 16.2 Å². The Kier molecular flexibility index (Phi) is 3.24. The van der Waals surface area contributed by atoms with Crippen LogP contribution in [-0.2, 0) is 0 Å². The van der Waals surface area contributed by atoms with Gasteiger partial charge in [0.05, 0.1) is 6.04 Å². The molecule has 108 valence electrons. The molecule has 4 rings (SSSR count). The summed E-state index contributed by atoms with van der Waals surface area (Å²) in [6, 6.07) is 8.66. The summed E-state index contributed by atoms with van der Waals surface area (Å²) in [7, 11) is 0. The molecule has 1 saturated heterocycles. The number of pyridine rings is 1. The number of hydrogen-bond acceptors (Lipinski definition) is 4. The summed E-state index contributed by atoms with van der Waals surface area (Å²) in [5.74, 6) is 1.10. The van der Waals surface area contributed by atoms with Crippen molar-refractivity contribution in [3.05, 3.63) is 41.2 Å². The lowest BCUT2D eigenvalue weighted by Crippen LogP contribution is -2.29. The third-order valence-electron chi connectivity index (χ3n) is 4.01. The molecule has 1 fully saturated rings. The van der Waals surface area contributed by atoms with Gasteiger partial charge in [-0.3, -0.25) is 4.57 Å². The van der Waals surface area contributed by atoms with Gasteiger partial charge in [0.2, 0.25) is 0 Å². The van der Waals surface area contributed by atoms with Crippen LogP contribution in [0.1, 0.15) is 36.0 Å². The summed E-state index contributed by atoms with van der Waals surface area (Å²) in [5, 5.41) is 4.81. The van der Waals surface area contributed by atoms with Gasteiger partial charge in [0.25, 0.3) is 0 Å². The second-order valence-corrected chi connectivity index (χ2v) is 6.80. The van der Waals surface area contributed by atoms with Crippen molar-refractivity contribution in [1.82, 2.24) is 19.9 Å². The first-order valence-corrected chi connectivity index (χ1v) is 8.28. The summed E-state index contributed by atoms with van der Waals surface area (Å²) in [4.78, 5) is 10.7. The zero-order valence-electron chi connectivity index (χ0n) is 12.0. The zero-order chi connectivity index (χ0) is 14.2. The second-order valence-electron chi connectivity index (χ2n) is 5.54. The number of nitrogens with zero attached hydrogens (tertiary/aromatic N) is 3. The molecule has 0 spiro atoms. The normalized spacial score (nSPS) is 19.2. The highest BCUT2D eigenvalue weighted by Crippen LogP contribution is 2.31. The average molecular weight is 298 g/mol. The first-order chi connectivity index (χ1) is 10.3. The van der Waals surface area contributed by atoms with Crippen molar-refractivity contribution in [2.24, 2.45) is 0 Å². The van der Waals surface area contributed by atoms with Crippen LogP contribution in [0.5, 0.6) is 0 Å². The minimum Gasteiger partial charge on any atom is -0.307 e. The van der Waals surface area contributed by atoms with E-state index >= 15 is 0 Å². The van der Waals surface area contributed by atoms with Gasteiger partial charge in [0.1, 0.15) is 16.3 Å². The van der Waals surface area contributed by atoms with Crippen molar-refractivity contribution in [3.8, 4) is 5.00 Å². The lowest BCUT2D eigenvalue weighted by Gasteiger charge is -2.23. The Morgan fingerprint density at radius 1 is 1.29 bits per heavy atom. The maximum absolute atomic E-state index is 4.87. The minimum absolute atomic E-state index is 0.329. The summed E-state index contributed by atoms with van der Waals surface area (Å²) in [6.07, 6.45) is 5.51. The fraction of sp³-hybridized carbons (Fsp3) is 0.375. The van der Waals surface area contributed by atoms with Gasteiger partial charge in [-0.05, 0) is 50.6 Å². The number of hydrogen-bond donors (Lipinski definition) is 1. The number of aryl methyl sites for hydroxylation is 1. The Labute approximate surface area is 127 Å². The molecule has 5 heteroatoms. The number of fused-ring (bicyclic) bond motifs is 1. The van der Waals surface area contributed by atoms with Crippen molar-refractivity contribution in [1.29, 1.82) is 0 Å². The number of imidazole rings is 1. The van der Waals surface area contributed by atoms with Crippen LogP contribution < -0.4 is 5.32 Å². The smallest absolute Gasteiger partial charge is 0.165 e. The highest BCUT2D eigenvalue weighted by Gasteiger charge is 2.23. The largest absolute Gasteiger partial charge is 0.307 e. The van der Waals surface area contributed by atoms with E-state index in [4.69, 9.17) is 4.98 Å². The van der Waals surface area contributed by atoms with Crippen molar-refractivity contribution in [2.75, 3.05) is 6.54 Å². The van der Waals surface area contributed by atoms with Gasteiger partial charge < -0.3 is 5.32 Å². The molecule has 4 nitrogen and oxygen atoms in total. The Balaban J connectivity index is 1.92. The van der Waals surface area contributed by atoms with Gasteiger partial charge in [0.15, 0.2) is 5.65 Å². The Morgan fingerprint density at radius 2 is 2.24 bits per heavy atom. The molecule has 1 N–H and O–H groups in total. The molecule has 21 heavy (non-hydrogen) atoms. The van der Waals surface area contributed by atoms with Crippen LogP contribution in [0, 0.1) is 6.92 Å². The van der Waals surface area contributed by atoms with Gasteiger partial charge in [-0.2, -0.15) is 0 Å². The zero-order valence-corrected chi connectivity index (χ0v) is 12.9. The van der Waals surface area contributed by atoms with Crippen LogP contribution >= 0.6 is 11.3 Å². The van der Waals surface area contributed by atoms with Crippen molar-refractivity contribution < 1.29 is 0 Å². The molecule has 1 atom stereocenters. The van der Waals surface area contributed by atoms with E-state index in [1.165, 1.54) is 22.7 Å². The van der Waals surface area contributed by atoms with E-state index in [0.717, 1.165) is 30.0 Å². The predicted molar refractivity (Wildman–Crippen MR) is 86.1 cm³/mol. The first kappa shape index (κ1) is 13.0. The van der Waals surface area contributed by atoms with Crippen LogP contribution in [0.15, 0.2) is 30.5 Å². The van der Waals surface area contributed by atoms with Crippen LogP contribution in [0.2, 0.25) is 0 Å². The van der Waals surface area contributed by atoms with Crippen LogP contribution in [-0.4, -0.2) is 21.1 Å². The standard InChI is InChI=1S/C16H18N4S/c1-11-7-8-14(21-11)20-15-13(6-4-10-18-15)19-16(20)12-5-2-3-9-17-12/h4,6-8,10,12,17H,2-3,5,9H2,1H3. The van der Waals surface area contributed by atoms with Crippen molar-refractivity contribution >= 4 is 22.5 Å². The molecule has 4 heterocycles. The lowest BCUT2D eigenvalue weighted by atomic mass is 10.0. The molecule has 3 aromatic heterocycles. The number of thiophene rings is 1. The molecule has 0 amide bonds.